The van der Waals surface area contributed by atoms with Crippen molar-refractivity contribution in [1.82, 2.24) is 15.0 Å². The normalized spacial score (nSPS) is 12.3. The van der Waals surface area contributed by atoms with Crippen LogP contribution in [0.2, 0.25) is 0 Å². The molecule has 1 heterocycles. The van der Waals surface area contributed by atoms with Gasteiger partial charge in [-0.15, -0.1) is 0 Å². The Hall–Kier alpha value is -3.17. The number of carbonyl (C=O) groups is 1. The highest BCUT2D eigenvalue weighted by atomic mass is 32.2. The van der Waals surface area contributed by atoms with Crippen molar-refractivity contribution < 1.29 is 22.0 Å². The van der Waals surface area contributed by atoms with Gasteiger partial charge < -0.3 is 5.32 Å². The van der Waals surface area contributed by atoms with Gasteiger partial charge in [0.15, 0.2) is 11.6 Å². The molecule has 6 nitrogen and oxygen atoms in total. The van der Waals surface area contributed by atoms with E-state index in [2.05, 4.69) is 15.0 Å². The summed E-state index contributed by atoms with van der Waals surface area (Å²) in [4.78, 5) is 16.3. The number of nitrogens with one attached hydrogen (secondary N) is 2. The van der Waals surface area contributed by atoms with E-state index in [0.717, 1.165) is 17.7 Å². The molecule has 1 amide bonds. The fourth-order valence-electron chi connectivity index (χ4n) is 2.78. The lowest BCUT2D eigenvalue weighted by Crippen LogP contribution is -2.33. The molecule has 0 spiro atoms. The van der Waals surface area contributed by atoms with Crippen molar-refractivity contribution in [3.05, 3.63) is 95.8 Å². The van der Waals surface area contributed by atoms with E-state index >= 15 is 0 Å². The number of nitrogens with zero attached hydrogens (tertiary/aromatic N) is 1. The highest BCUT2D eigenvalue weighted by molar-refractivity contribution is 7.89. The molecule has 0 aliphatic carbocycles. The number of amides is 1. The van der Waals surface area contributed by atoms with Crippen LogP contribution in [0, 0.1) is 11.6 Å². The van der Waals surface area contributed by atoms with Crippen LogP contribution in [-0.4, -0.2) is 25.9 Å². The number of rotatable bonds is 8. The molecular weight excluding hydrogens is 412 g/mol. The minimum absolute atomic E-state index is 0.154. The molecule has 2 aromatic carbocycles. The third kappa shape index (κ3) is 5.46. The molecule has 3 rings (SSSR count). The second-order valence-electron chi connectivity index (χ2n) is 6.39. The van der Waals surface area contributed by atoms with E-state index < -0.39 is 38.5 Å². The van der Waals surface area contributed by atoms with Gasteiger partial charge in [0, 0.05) is 19.2 Å². The van der Waals surface area contributed by atoms with Gasteiger partial charge in [-0.25, -0.2) is 21.9 Å². The van der Waals surface area contributed by atoms with Crippen molar-refractivity contribution in [2.24, 2.45) is 0 Å². The van der Waals surface area contributed by atoms with Crippen LogP contribution < -0.4 is 10.0 Å². The first kappa shape index (κ1) is 21.5. The van der Waals surface area contributed by atoms with E-state index in [1.54, 1.807) is 24.4 Å². The summed E-state index contributed by atoms with van der Waals surface area (Å²) < 4.78 is 52.9. The molecule has 0 aliphatic rings. The standard InChI is InChI=1S/C21H19F2N3O3S/c22-17-10-9-16(14-18(17)23)30(28,29)25-13-11-20(27)26-21(15-6-2-1-3-7-15)19-8-4-5-12-24-19/h1-10,12,14,21,25H,11,13H2,(H,26,27). The smallest absolute Gasteiger partial charge is 0.240 e. The molecule has 3 aromatic rings. The molecule has 0 saturated heterocycles. The highest BCUT2D eigenvalue weighted by Crippen LogP contribution is 2.20. The summed E-state index contributed by atoms with van der Waals surface area (Å²) >= 11 is 0. The van der Waals surface area contributed by atoms with Gasteiger partial charge in [-0.3, -0.25) is 9.78 Å². The molecule has 0 aliphatic heterocycles. The van der Waals surface area contributed by atoms with Gasteiger partial charge in [-0.05, 0) is 35.9 Å². The van der Waals surface area contributed by atoms with Gasteiger partial charge in [-0.1, -0.05) is 36.4 Å². The second kappa shape index (κ2) is 9.55. The first-order chi connectivity index (χ1) is 14.4. The number of pyridine rings is 1. The van der Waals surface area contributed by atoms with Crippen LogP contribution in [0.15, 0.2) is 77.8 Å². The zero-order valence-electron chi connectivity index (χ0n) is 15.8. The molecule has 0 bridgehead atoms. The van der Waals surface area contributed by atoms with Crippen molar-refractivity contribution in [2.75, 3.05) is 6.54 Å². The fourth-order valence-corrected chi connectivity index (χ4v) is 3.82. The fraction of sp³-hybridized carbons (Fsp3) is 0.143. The molecule has 156 valence electrons. The Labute approximate surface area is 173 Å². The maximum absolute atomic E-state index is 13.3. The first-order valence-electron chi connectivity index (χ1n) is 9.07. The van der Waals surface area contributed by atoms with E-state index in [-0.39, 0.29) is 13.0 Å². The first-order valence-corrected chi connectivity index (χ1v) is 10.5. The third-order valence-electron chi connectivity index (χ3n) is 4.27. The van der Waals surface area contributed by atoms with Gasteiger partial charge >= 0.3 is 0 Å². The van der Waals surface area contributed by atoms with Crippen LogP contribution in [0.4, 0.5) is 8.78 Å². The number of halogens is 2. The third-order valence-corrected chi connectivity index (χ3v) is 5.73. The lowest BCUT2D eigenvalue weighted by molar-refractivity contribution is -0.121. The molecule has 1 aromatic heterocycles. The Morgan fingerprint density at radius 3 is 2.37 bits per heavy atom. The minimum atomic E-state index is -4.08. The Kier molecular flexibility index (Phi) is 6.86. The van der Waals surface area contributed by atoms with E-state index in [0.29, 0.717) is 11.8 Å². The Morgan fingerprint density at radius 2 is 1.70 bits per heavy atom. The largest absolute Gasteiger partial charge is 0.344 e. The minimum Gasteiger partial charge on any atom is -0.344 e. The molecule has 9 heteroatoms. The quantitative estimate of drug-likeness (QED) is 0.574. The number of hydrogen-bond donors (Lipinski definition) is 2. The monoisotopic (exact) mass is 431 g/mol. The topological polar surface area (TPSA) is 88.2 Å². The molecule has 0 saturated carbocycles. The summed E-state index contributed by atoms with van der Waals surface area (Å²) in [6.45, 7) is -0.211. The van der Waals surface area contributed by atoms with Gasteiger partial charge in [0.2, 0.25) is 15.9 Å². The van der Waals surface area contributed by atoms with E-state index in [1.807, 2.05) is 30.3 Å². The number of benzene rings is 2. The summed E-state index contributed by atoms with van der Waals surface area (Å²) in [7, 11) is -4.08. The van der Waals surface area contributed by atoms with Crippen molar-refractivity contribution in [3.63, 3.8) is 0 Å². The van der Waals surface area contributed by atoms with Crippen LogP contribution in [0.25, 0.3) is 0 Å². The van der Waals surface area contributed by atoms with Crippen molar-refractivity contribution >= 4 is 15.9 Å². The maximum atomic E-state index is 13.3. The summed E-state index contributed by atoms with van der Waals surface area (Å²) in [5.74, 6) is -2.81. The number of sulfonamides is 1. The van der Waals surface area contributed by atoms with Gasteiger partial charge in [0.05, 0.1) is 16.6 Å². The van der Waals surface area contributed by atoms with Crippen molar-refractivity contribution in [3.8, 4) is 0 Å². The lowest BCUT2D eigenvalue weighted by Gasteiger charge is -2.19. The van der Waals surface area contributed by atoms with E-state index in [9.17, 15) is 22.0 Å². The van der Waals surface area contributed by atoms with Crippen LogP contribution in [0.1, 0.15) is 23.7 Å². The molecule has 1 atom stereocenters. The number of carbonyl (C=O) groups excluding carboxylic acids is 1. The van der Waals surface area contributed by atoms with E-state index in [4.69, 9.17) is 0 Å². The van der Waals surface area contributed by atoms with Crippen LogP contribution >= 0.6 is 0 Å². The van der Waals surface area contributed by atoms with Crippen LogP contribution in [-0.2, 0) is 14.8 Å². The number of aromatic nitrogens is 1. The van der Waals surface area contributed by atoms with Crippen molar-refractivity contribution in [1.29, 1.82) is 0 Å². The van der Waals surface area contributed by atoms with Crippen molar-refractivity contribution in [2.45, 2.75) is 17.4 Å². The molecular formula is C21H19F2N3O3S. The highest BCUT2D eigenvalue weighted by Gasteiger charge is 2.19. The van der Waals surface area contributed by atoms with Crippen LogP contribution in [0.5, 0.6) is 0 Å². The molecule has 2 N–H and O–H groups in total. The molecule has 30 heavy (non-hydrogen) atoms. The average Bonchev–Trinajstić information content (AvgIpc) is 2.75. The predicted molar refractivity (Wildman–Crippen MR) is 107 cm³/mol. The summed E-state index contributed by atoms with van der Waals surface area (Å²) in [5, 5.41) is 2.85. The molecule has 0 fully saturated rings. The Balaban J connectivity index is 1.64. The van der Waals surface area contributed by atoms with Crippen LogP contribution in [0.3, 0.4) is 0 Å². The van der Waals surface area contributed by atoms with Gasteiger partial charge in [0.1, 0.15) is 0 Å². The summed E-state index contributed by atoms with van der Waals surface area (Å²) in [5.41, 5.74) is 1.46. The zero-order chi connectivity index (χ0) is 21.6. The summed E-state index contributed by atoms with van der Waals surface area (Å²) in [6, 6.07) is 16.4. The zero-order valence-corrected chi connectivity index (χ0v) is 16.6. The Morgan fingerprint density at radius 1 is 0.967 bits per heavy atom. The maximum Gasteiger partial charge on any atom is 0.240 e. The predicted octanol–water partition coefficient (Wildman–Crippen LogP) is 2.93. The van der Waals surface area contributed by atoms with Gasteiger partial charge in [-0.2, -0.15) is 0 Å². The Bertz CT molecular complexity index is 1070. The molecule has 0 radical (unpaired) electrons. The molecule has 1 unspecified atom stereocenters. The summed E-state index contributed by atoms with van der Waals surface area (Å²) in [6.07, 6.45) is 1.46. The van der Waals surface area contributed by atoms with Gasteiger partial charge in [0.25, 0.3) is 0 Å². The lowest BCUT2D eigenvalue weighted by atomic mass is 10.0. The number of hydrogen-bond acceptors (Lipinski definition) is 4. The SMILES string of the molecule is O=C(CCNS(=O)(=O)c1ccc(F)c(F)c1)NC(c1ccccc1)c1ccccn1. The van der Waals surface area contributed by atoms with E-state index in [1.165, 1.54) is 0 Å². The average molecular weight is 431 g/mol. The second-order valence-corrected chi connectivity index (χ2v) is 8.16.